The average molecular weight is 451 g/mol. The highest BCUT2D eigenvalue weighted by Crippen LogP contribution is 2.63. The Kier molecular flexibility index (Phi) is 6.84. The second-order valence-corrected chi connectivity index (χ2v) is 10.9. The number of allylic oxidation sites excluding steroid dienone is 3. The van der Waals surface area contributed by atoms with Crippen molar-refractivity contribution in [2.75, 3.05) is 5.33 Å². The Morgan fingerprint density at radius 1 is 1.25 bits per heavy atom. The molecule has 3 aliphatic rings. The largest absolute Gasteiger partial charge is 0.462 e. The predicted molar refractivity (Wildman–Crippen MR) is 120 cm³/mol. The highest BCUT2D eigenvalue weighted by Gasteiger charge is 2.57. The van der Waals surface area contributed by atoms with E-state index < -0.39 is 0 Å². The molecule has 0 saturated heterocycles. The highest BCUT2D eigenvalue weighted by molar-refractivity contribution is 9.09. The van der Waals surface area contributed by atoms with Gasteiger partial charge >= 0.3 is 5.97 Å². The molecule has 0 amide bonds. The number of hydrogen-bond acceptors (Lipinski definition) is 2. The number of esters is 1. The molecule has 0 heterocycles. The topological polar surface area (TPSA) is 26.3 Å². The van der Waals surface area contributed by atoms with Crippen LogP contribution in [0, 0.1) is 28.6 Å². The smallest absolute Gasteiger partial charge is 0.306 e. The van der Waals surface area contributed by atoms with Crippen LogP contribution in [0.15, 0.2) is 23.8 Å². The van der Waals surface area contributed by atoms with Crippen LogP contribution >= 0.6 is 15.9 Å². The zero-order valence-corrected chi connectivity index (χ0v) is 19.9. The molecular weight excluding hydrogens is 412 g/mol. The van der Waals surface area contributed by atoms with Gasteiger partial charge in [-0.3, -0.25) is 4.79 Å². The van der Waals surface area contributed by atoms with E-state index in [1.54, 1.807) is 0 Å². The first-order valence-corrected chi connectivity index (χ1v) is 12.5. The standard InChI is InChI=1S/C25H39BrO2/c1-6-19-20-9-10-22(28-23(27)8-7-15-26)25(20,5)14-12-21(19)24(4)13-11-17(2)16-18(24)3/h16,19-22H,2,6-15H2,1,3-5H3/t19?,20-,21-,22?,24?,25?/m0/s1. The molecule has 0 aromatic heterocycles. The van der Waals surface area contributed by atoms with E-state index >= 15 is 0 Å². The van der Waals surface area contributed by atoms with Crippen molar-refractivity contribution in [3.05, 3.63) is 23.8 Å². The summed E-state index contributed by atoms with van der Waals surface area (Å²) in [5.74, 6) is 2.14. The van der Waals surface area contributed by atoms with Gasteiger partial charge in [0.15, 0.2) is 0 Å². The molecule has 0 spiro atoms. The summed E-state index contributed by atoms with van der Waals surface area (Å²) >= 11 is 3.41. The third-order valence-corrected chi connectivity index (χ3v) is 9.28. The van der Waals surface area contributed by atoms with Crippen molar-refractivity contribution in [3.8, 4) is 0 Å². The first-order chi connectivity index (χ1) is 13.3. The molecule has 158 valence electrons. The van der Waals surface area contributed by atoms with E-state index in [4.69, 9.17) is 4.74 Å². The molecule has 0 radical (unpaired) electrons. The number of carbonyl (C=O) groups is 1. The normalized spacial score (nSPS) is 40.8. The molecular formula is C25H39BrO2. The lowest BCUT2D eigenvalue weighted by Crippen LogP contribution is -2.49. The van der Waals surface area contributed by atoms with Crippen molar-refractivity contribution in [2.24, 2.45) is 28.6 Å². The van der Waals surface area contributed by atoms with E-state index in [9.17, 15) is 4.79 Å². The molecule has 0 bridgehead atoms. The summed E-state index contributed by atoms with van der Waals surface area (Å²) in [6.45, 7) is 13.8. The van der Waals surface area contributed by atoms with Crippen molar-refractivity contribution in [1.82, 2.24) is 0 Å². The summed E-state index contributed by atoms with van der Waals surface area (Å²) < 4.78 is 6.04. The van der Waals surface area contributed by atoms with Crippen molar-refractivity contribution in [3.63, 3.8) is 0 Å². The van der Waals surface area contributed by atoms with Crippen molar-refractivity contribution in [1.29, 1.82) is 0 Å². The van der Waals surface area contributed by atoms with Gasteiger partial charge in [0.1, 0.15) is 6.10 Å². The van der Waals surface area contributed by atoms with Gasteiger partial charge < -0.3 is 4.74 Å². The van der Waals surface area contributed by atoms with Crippen molar-refractivity contribution in [2.45, 2.75) is 91.6 Å². The second-order valence-electron chi connectivity index (χ2n) is 10.1. The Morgan fingerprint density at radius 2 is 2.00 bits per heavy atom. The zero-order valence-electron chi connectivity index (χ0n) is 18.4. The Labute approximate surface area is 180 Å². The maximum atomic E-state index is 12.3. The number of hydrogen-bond donors (Lipinski definition) is 0. The Bertz CT molecular complexity index is 638. The Balaban J connectivity index is 1.78. The summed E-state index contributed by atoms with van der Waals surface area (Å²) in [7, 11) is 0. The van der Waals surface area contributed by atoms with Crippen LogP contribution < -0.4 is 0 Å². The first-order valence-electron chi connectivity index (χ1n) is 11.4. The van der Waals surface area contributed by atoms with E-state index in [1.807, 2.05) is 0 Å². The van der Waals surface area contributed by atoms with Crippen LogP contribution in [0.4, 0.5) is 0 Å². The molecule has 2 nitrogen and oxygen atoms in total. The third kappa shape index (κ3) is 3.89. The minimum Gasteiger partial charge on any atom is -0.462 e. The molecule has 6 atom stereocenters. The zero-order chi connectivity index (χ0) is 20.5. The SMILES string of the molecule is C=C1C=C(C)C(C)([C@H]2CCC3(C)C(OC(=O)CCCBr)CC[C@H]3C2CC)CC1. The van der Waals surface area contributed by atoms with Gasteiger partial charge in [-0.25, -0.2) is 0 Å². The van der Waals surface area contributed by atoms with Gasteiger partial charge in [-0.2, -0.15) is 0 Å². The molecule has 3 rings (SSSR count). The summed E-state index contributed by atoms with van der Waals surface area (Å²) in [5, 5.41) is 0.865. The van der Waals surface area contributed by atoms with Gasteiger partial charge in [0.25, 0.3) is 0 Å². The molecule has 0 N–H and O–H groups in total. The number of carbonyl (C=O) groups excluding carboxylic acids is 1. The van der Waals surface area contributed by atoms with Crippen LogP contribution in [0.1, 0.15) is 85.5 Å². The maximum Gasteiger partial charge on any atom is 0.306 e. The molecule has 2 fully saturated rings. The van der Waals surface area contributed by atoms with Crippen LogP contribution in [0.5, 0.6) is 0 Å². The molecule has 0 aliphatic heterocycles. The van der Waals surface area contributed by atoms with E-state index in [0.717, 1.165) is 36.4 Å². The van der Waals surface area contributed by atoms with E-state index in [0.29, 0.717) is 17.8 Å². The van der Waals surface area contributed by atoms with Crippen molar-refractivity contribution < 1.29 is 9.53 Å². The summed E-state index contributed by atoms with van der Waals surface area (Å²) in [5.41, 5.74) is 3.29. The molecule has 0 aromatic rings. The molecule has 3 aliphatic carbocycles. The number of ether oxygens (including phenoxy) is 1. The predicted octanol–water partition coefficient (Wildman–Crippen LogP) is 7.23. The lowest BCUT2D eigenvalue weighted by atomic mass is 9.51. The van der Waals surface area contributed by atoms with Crippen LogP contribution in [0.25, 0.3) is 0 Å². The fourth-order valence-electron chi connectivity index (χ4n) is 6.86. The van der Waals surface area contributed by atoms with Gasteiger partial charge in [0.2, 0.25) is 0 Å². The lowest BCUT2D eigenvalue weighted by molar-refractivity contribution is -0.159. The fraction of sp³-hybridized carbons (Fsp3) is 0.800. The van der Waals surface area contributed by atoms with Crippen LogP contribution in [-0.2, 0) is 9.53 Å². The van der Waals surface area contributed by atoms with Gasteiger partial charge in [-0.05, 0) is 75.0 Å². The first kappa shape index (κ1) is 22.1. The summed E-state index contributed by atoms with van der Waals surface area (Å²) in [6, 6.07) is 0. The van der Waals surface area contributed by atoms with Gasteiger partial charge in [0, 0.05) is 17.2 Å². The van der Waals surface area contributed by atoms with Crippen molar-refractivity contribution >= 4 is 21.9 Å². The van der Waals surface area contributed by atoms with Crippen LogP contribution in [-0.4, -0.2) is 17.4 Å². The Morgan fingerprint density at radius 3 is 2.64 bits per heavy atom. The quantitative estimate of drug-likeness (QED) is 0.315. The van der Waals surface area contributed by atoms with E-state index in [-0.39, 0.29) is 17.5 Å². The van der Waals surface area contributed by atoms with Gasteiger partial charge in [0.05, 0.1) is 0 Å². The summed E-state index contributed by atoms with van der Waals surface area (Å²) in [4.78, 5) is 12.3. The van der Waals surface area contributed by atoms with Gasteiger partial charge in [-0.1, -0.05) is 66.9 Å². The summed E-state index contributed by atoms with van der Waals surface area (Å²) in [6.07, 6.45) is 12.2. The number of fused-ring (bicyclic) bond motifs is 1. The number of halogens is 1. The minimum absolute atomic E-state index is 0.00182. The lowest BCUT2D eigenvalue weighted by Gasteiger charge is -2.54. The second kappa shape index (κ2) is 8.66. The molecule has 2 saturated carbocycles. The maximum absolute atomic E-state index is 12.3. The monoisotopic (exact) mass is 450 g/mol. The average Bonchev–Trinajstić information content (AvgIpc) is 2.99. The van der Waals surface area contributed by atoms with Gasteiger partial charge in [-0.15, -0.1) is 0 Å². The number of alkyl halides is 1. The highest BCUT2D eigenvalue weighted by atomic mass is 79.9. The van der Waals surface area contributed by atoms with Crippen LogP contribution in [0.2, 0.25) is 0 Å². The van der Waals surface area contributed by atoms with E-state index in [1.165, 1.54) is 43.3 Å². The van der Waals surface area contributed by atoms with Crippen LogP contribution in [0.3, 0.4) is 0 Å². The number of rotatable bonds is 6. The third-order valence-electron chi connectivity index (χ3n) is 8.72. The minimum atomic E-state index is -0.00182. The fourth-order valence-corrected chi connectivity index (χ4v) is 7.14. The Hall–Kier alpha value is -0.570. The molecule has 4 unspecified atom stereocenters. The molecule has 28 heavy (non-hydrogen) atoms. The van der Waals surface area contributed by atoms with E-state index in [2.05, 4.69) is 56.3 Å². The molecule has 3 heteroatoms. The molecule has 0 aromatic carbocycles.